The molecule has 0 bridgehead atoms. The van der Waals surface area contributed by atoms with E-state index in [-0.39, 0.29) is 5.75 Å². The maximum atomic E-state index is 10.2. The van der Waals surface area contributed by atoms with Crippen molar-refractivity contribution in [1.82, 2.24) is 0 Å². The van der Waals surface area contributed by atoms with Crippen LogP contribution >= 0.6 is 0 Å². The van der Waals surface area contributed by atoms with E-state index in [1.165, 1.54) is 101 Å². The van der Waals surface area contributed by atoms with Gasteiger partial charge in [0.25, 0.3) is 0 Å². The molecule has 0 unspecified atom stereocenters. The fraction of sp³-hybridized carbons (Fsp3) is 0.600. The molecule has 2 aromatic rings. The van der Waals surface area contributed by atoms with Gasteiger partial charge in [0.2, 0.25) is 0 Å². The lowest BCUT2D eigenvalue weighted by molar-refractivity contribution is 0.408. The van der Waals surface area contributed by atoms with Crippen LogP contribution in [0.15, 0.2) is 42.5 Å². The molecule has 2 heteroatoms. The summed E-state index contributed by atoms with van der Waals surface area (Å²) in [4.78, 5) is 0. The normalized spacial score (nSPS) is 11.1. The highest BCUT2D eigenvalue weighted by molar-refractivity contribution is 5.46. The van der Waals surface area contributed by atoms with Crippen molar-refractivity contribution in [1.29, 1.82) is 0 Å². The van der Waals surface area contributed by atoms with Gasteiger partial charge in [-0.1, -0.05) is 115 Å². The van der Waals surface area contributed by atoms with E-state index in [1.807, 2.05) is 18.2 Å². The SMILES string of the molecule is CCCCCCCCCc1cccc(Oc2ccccc2O)c1CCCCCCCCC. The number of ether oxygens (including phenoxy) is 1. The molecule has 0 amide bonds. The van der Waals surface area contributed by atoms with Gasteiger partial charge in [-0.3, -0.25) is 0 Å². The van der Waals surface area contributed by atoms with Gasteiger partial charge in [0, 0.05) is 0 Å². The lowest BCUT2D eigenvalue weighted by Gasteiger charge is -2.16. The second kappa shape index (κ2) is 16.6. The third-order valence-electron chi connectivity index (χ3n) is 6.40. The van der Waals surface area contributed by atoms with Crippen LogP contribution < -0.4 is 4.74 Å². The Hall–Kier alpha value is -1.96. The summed E-state index contributed by atoms with van der Waals surface area (Å²) < 4.78 is 6.21. The first kappa shape index (κ1) is 26.3. The molecule has 0 aliphatic heterocycles. The molecule has 0 fully saturated rings. The van der Waals surface area contributed by atoms with Crippen LogP contribution in [0.4, 0.5) is 0 Å². The molecule has 0 spiro atoms. The topological polar surface area (TPSA) is 29.5 Å². The third kappa shape index (κ3) is 10.1. The lowest BCUT2D eigenvalue weighted by Crippen LogP contribution is -2.00. The van der Waals surface area contributed by atoms with Gasteiger partial charge in [-0.2, -0.15) is 0 Å². The molecule has 178 valence electrons. The summed E-state index contributed by atoms with van der Waals surface area (Å²) >= 11 is 0. The van der Waals surface area contributed by atoms with Crippen LogP contribution in [0.25, 0.3) is 0 Å². The summed E-state index contributed by atoms with van der Waals surface area (Å²) in [6, 6.07) is 13.7. The number of hydrogen-bond acceptors (Lipinski definition) is 2. The van der Waals surface area contributed by atoms with Crippen LogP contribution in [0.1, 0.15) is 115 Å². The van der Waals surface area contributed by atoms with E-state index in [0.29, 0.717) is 5.75 Å². The monoisotopic (exact) mass is 438 g/mol. The molecule has 32 heavy (non-hydrogen) atoms. The van der Waals surface area contributed by atoms with Crippen LogP contribution in [0.3, 0.4) is 0 Å². The Morgan fingerprint density at radius 2 is 1.09 bits per heavy atom. The summed E-state index contributed by atoms with van der Waals surface area (Å²) in [5, 5.41) is 10.2. The first-order valence-corrected chi connectivity index (χ1v) is 13.3. The third-order valence-corrected chi connectivity index (χ3v) is 6.40. The molecule has 1 N–H and O–H groups in total. The van der Waals surface area contributed by atoms with Crippen LogP contribution in [-0.4, -0.2) is 5.11 Å². The van der Waals surface area contributed by atoms with Gasteiger partial charge in [-0.05, 0) is 55.0 Å². The maximum absolute atomic E-state index is 10.2. The second-order valence-corrected chi connectivity index (χ2v) is 9.21. The Morgan fingerprint density at radius 1 is 0.562 bits per heavy atom. The van der Waals surface area contributed by atoms with E-state index in [2.05, 4.69) is 32.0 Å². The van der Waals surface area contributed by atoms with Crippen molar-refractivity contribution in [2.45, 2.75) is 117 Å². The van der Waals surface area contributed by atoms with Gasteiger partial charge in [0.15, 0.2) is 11.5 Å². The minimum Gasteiger partial charge on any atom is -0.504 e. The van der Waals surface area contributed by atoms with E-state index in [4.69, 9.17) is 4.74 Å². The largest absolute Gasteiger partial charge is 0.504 e. The second-order valence-electron chi connectivity index (χ2n) is 9.21. The molecular weight excluding hydrogens is 392 g/mol. The zero-order valence-electron chi connectivity index (χ0n) is 20.7. The molecule has 0 aliphatic rings. The minimum absolute atomic E-state index is 0.201. The highest BCUT2D eigenvalue weighted by atomic mass is 16.5. The fourth-order valence-corrected chi connectivity index (χ4v) is 4.42. The first-order valence-electron chi connectivity index (χ1n) is 13.3. The predicted molar refractivity (Wildman–Crippen MR) is 138 cm³/mol. The molecule has 2 rings (SSSR count). The summed E-state index contributed by atoms with van der Waals surface area (Å²) in [6.07, 6.45) is 20.7. The number of hydrogen-bond donors (Lipinski definition) is 1. The van der Waals surface area contributed by atoms with Crippen LogP contribution in [0.5, 0.6) is 17.2 Å². The van der Waals surface area contributed by atoms with Crippen molar-refractivity contribution in [3.05, 3.63) is 53.6 Å². The number of benzene rings is 2. The molecule has 0 aliphatic carbocycles. The Balaban J connectivity index is 1.97. The van der Waals surface area contributed by atoms with Crippen molar-refractivity contribution in [3.8, 4) is 17.2 Å². The number of unbranched alkanes of at least 4 members (excludes halogenated alkanes) is 12. The molecule has 2 aromatic carbocycles. The van der Waals surface area contributed by atoms with E-state index in [1.54, 1.807) is 6.07 Å². The van der Waals surface area contributed by atoms with Crippen molar-refractivity contribution >= 4 is 0 Å². The molecule has 2 nitrogen and oxygen atoms in total. The smallest absolute Gasteiger partial charge is 0.169 e. The highest BCUT2D eigenvalue weighted by Crippen LogP contribution is 2.34. The summed E-state index contributed by atoms with van der Waals surface area (Å²) in [7, 11) is 0. The quantitative estimate of drug-likeness (QED) is 0.235. The Bertz CT molecular complexity index is 737. The average molecular weight is 439 g/mol. The van der Waals surface area contributed by atoms with E-state index < -0.39 is 0 Å². The Labute approximate surface area is 197 Å². The van der Waals surface area contributed by atoms with Crippen molar-refractivity contribution < 1.29 is 9.84 Å². The van der Waals surface area contributed by atoms with Crippen LogP contribution in [0.2, 0.25) is 0 Å². The van der Waals surface area contributed by atoms with E-state index in [9.17, 15) is 5.11 Å². The van der Waals surface area contributed by atoms with Crippen molar-refractivity contribution in [2.75, 3.05) is 0 Å². The summed E-state index contributed by atoms with van der Waals surface area (Å²) in [5.74, 6) is 1.66. The number of phenols is 1. The summed E-state index contributed by atoms with van der Waals surface area (Å²) in [6.45, 7) is 4.55. The Morgan fingerprint density at radius 3 is 1.72 bits per heavy atom. The number of phenolic OH excluding ortho intramolecular Hbond substituents is 1. The first-order chi connectivity index (χ1) is 15.8. The molecular formula is C30H46O2. The molecule has 0 radical (unpaired) electrons. The zero-order valence-corrected chi connectivity index (χ0v) is 20.7. The van der Waals surface area contributed by atoms with Crippen LogP contribution in [-0.2, 0) is 12.8 Å². The fourth-order valence-electron chi connectivity index (χ4n) is 4.42. The van der Waals surface area contributed by atoms with Gasteiger partial charge in [0.05, 0.1) is 0 Å². The molecule has 0 saturated heterocycles. The lowest BCUT2D eigenvalue weighted by atomic mass is 9.95. The molecule has 0 saturated carbocycles. The van der Waals surface area contributed by atoms with Gasteiger partial charge in [-0.25, -0.2) is 0 Å². The molecule has 0 atom stereocenters. The highest BCUT2D eigenvalue weighted by Gasteiger charge is 2.12. The van der Waals surface area contributed by atoms with Gasteiger partial charge in [0.1, 0.15) is 5.75 Å². The van der Waals surface area contributed by atoms with Gasteiger partial charge in [-0.15, -0.1) is 0 Å². The maximum Gasteiger partial charge on any atom is 0.169 e. The Kier molecular flexibility index (Phi) is 13.7. The standard InChI is InChI=1S/C30H46O2/c1-3-5-7-9-11-13-15-20-26-21-19-25-29(32-30-24-18-17-23-28(30)31)27(26)22-16-14-12-10-8-6-4-2/h17-19,21,23-25,31H,3-16,20,22H2,1-2H3. The number of aryl methyl sites for hydroxylation is 1. The number of rotatable bonds is 18. The molecule has 0 heterocycles. The van der Waals surface area contributed by atoms with Crippen molar-refractivity contribution in [3.63, 3.8) is 0 Å². The summed E-state index contributed by atoms with van der Waals surface area (Å²) in [5.41, 5.74) is 2.77. The molecule has 0 aromatic heterocycles. The van der Waals surface area contributed by atoms with E-state index in [0.717, 1.165) is 18.6 Å². The predicted octanol–water partition coefficient (Wildman–Crippen LogP) is 9.77. The number of para-hydroxylation sites is 2. The zero-order chi connectivity index (χ0) is 22.9. The van der Waals surface area contributed by atoms with Crippen molar-refractivity contribution in [2.24, 2.45) is 0 Å². The van der Waals surface area contributed by atoms with Gasteiger partial charge >= 0.3 is 0 Å². The number of aromatic hydroxyl groups is 1. The minimum atomic E-state index is 0.201. The van der Waals surface area contributed by atoms with Crippen LogP contribution in [0, 0.1) is 0 Å². The van der Waals surface area contributed by atoms with E-state index >= 15 is 0 Å². The van der Waals surface area contributed by atoms with Gasteiger partial charge < -0.3 is 9.84 Å². The average Bonchev–Trinajstić information content (AvgIpc) is 2.80.